The van der Waals surface area contributed by atoms with Crippen LogP contribution in [-0.2, 0) is 11.3 Å². The van der Waals surface area contributed by atoms with Crippen LogP contribution in [-0.4, -0.2) is 51.8 Å². The second-order valence-corrected chi connectivity index (χ2v) is 7.50. The first-order chi connectivity index (χ1) is 13.0. The van der Waals surface area contributed by atoms with Gasteiger partial charge in [-0.1, -0.05) is 43.8 Å². The highest BCUT2D eigenvalue weighted by Gasteiger charge is 2.19. The maximum absolute atomic E-state index is 13.0. The third-order valence-corrected chi connectivity index (χ3v) is 5.52. The number of hydrogen-bond donors (Lipinski definition) is 1. The van der Waals surface area contributed by atoms with Gasteiger partial charge in [0, 0.05) is 19.6 Å². The molecule has 2 aromatic rings. The van der Waals surface area contributed by atoms with Crippen molar-refractivity contribution in [1.29, 1.82) is 0 Å². The quantitative estimate of drug-likeness (QED) is 0.385. The minimum absolute atomic E-state index is 0.0612. The van der Waals surface area contributed by atoms with Gasteiger partial charge >= 0.3 is 0 Å². The van der Waals surface area contributed by atoms with E-state index in [2.05, 4.69) is 35.6 Å². The van der Waals surface area contributed by atoms with Crippen LogP contribution < -0.4 is 10.9 Å². The van der Waals surface area contributed by atoms with Gasteiger partial charge in [-0.2, -0.15) is 0 Å². The van der Waals surface area contributed by atoms with E-state index < -0.39 is 0 Å². The number of para-hydroxylation sites is 1. The zero-order valence-electron chi connectivity index (χ0n) is 16.3. The van der Waals surface area contributed by atoms with Gasteiger partial charge in [-0.15, -0.1) is 6.58 Å². The first kappa shape index (κ1) is 21.2. The molecule has 146 valence electrons. The number of hydrogen-bond acceptors (Lipinski definition) is 5. The van der Waals surface area contributed by atoms with Crippen molar-refractivity contribution in [2.75, 3.05) is 26.2 Å². The number of fused-ring (bicyclic) bond motifs is 1. The van der Waals surface area contributed by atoms with E-state index in [-0.39, 0.29) is 16.7 Å². The molecule has 0 saturated heterocycles. The lowest BCUT2D eigenvalue weighted by molar-refractivity contribution is -0.120. The smallest absolute Gasteiger partial charge is 0.262 e. The number of carbonyl (C=O) groups excluding carboxylic acids is 1. The van der Waals surface area contributed by atoms with Gasteiger partial charge in [0.25, 0.3) is 5.56 Å². The Morgan fingerprint density at radius 2 is 2.07 bits per heavy atom. The van der Waals surface area contributed by atoms with Gasteiger partial charge in [-0.05, 0) is 32.1 Å². The highest BCUT2D eigenvalue weighted by atomic mass is 32.2. The number of likely N-dealkylation sites (N-methyl/N-ethyl adjacent to an activating group) is 1. The number of nitrogens with one attached hydrogen (secondary N) is 1. The second kappa shape index (κ2) is 10.3. The summed E-state index contributed by atoms with van der Waals surface area (Å²) in [5.41, 5.74) is 0.594. The maximum Gasteiger partial charge on any atom is 0.262 e. The molecule has 2 rings (SSSR count). The summed E-state index contributed by atoms with van der Waals surface area (Å²) in [4.78, 5) is 32.2. The predicted octanol–water partition coefficient (Wildman–Crippen LogP) is 2.52. The van der Waals surface area contributed by atoms with Gasteiger partial charge in [0.15, 0.2) is 5.16 Å². The molecule has 0 aliphatic carbocycles. The molecule has 7 heteroatoms. The van der Waals surface area contributed by atoms with E-state index in [0.717, 1.165) is 19.6 Å². The van der Waals surface area contributed by atoms with E-state index >= 15 is 0 Å². The number of amides is 1. The third kappa shape index (κ3) is 5.43. The van der Waals surface area contributed by atoms with Crippen LogP contribution in [0.4, 0.5) is 0 Å². The maximum atomic E-state index is 13.0. The van der Waals surface area contributed by atoms with Gasteiger partial charge in [-0.3, -0.25) is 14.2 Å². The van der Waals surface area contributed by atoms with Crippen molar-refractivity contribution in [1.82, 2.24) is 19.8 Å². The Balaban J connectivity index is 2.36. The van der Waals surface area contributed by atoms with Crippen molar-refractivity contribution in [2.45, 2.75) is 37.7 Å². The first-order valence-electron chi connectivity index (χ1n) is 9.29. The zero-order chi connectivity index (χ0) is 19.8. The summed E-state index contributed by atoms with van der Waals surface area (Å²) in [7, 11) is 0. The number of nitrogens with zero attached hydrogens (tertiary/aromatic N) is 3. The molecule has 1 N–H and O–H groups in total. The van der Waals surface area contributed by atoms with Crippen molar-refractivity contribution < 1.29 is 4.79 Å². The van der Waals surface area contributed by atoms with Gasteiger partial charge in [0.2, 0.25) is 5.91 Å². The summed E-state index contributed by atoms with van der Waals surface area (Å²) in [6, 6.07) is 7.34. The van der Waals surface area contributed by atoms with E-state index in [0.29, 0.717) is 29.1 Å². The molecule has 1 amide bonds. The minimum Gasteiger partial charge on any atom is -0.352 e. The fraction of sp³-hybridized carbons (Fsp3) is 0.450. The molecule has 0 fully saturated rings. The van der Waals surface area contributed by atoms with Crippen LogP contribution in [0, 0.1) is 0 Å². The van der Waals surface area contributed by atoms with Crippen LogP contribution in [0.5, 0.6) is 0 Å². The standard InChI is InChI=1S/C20H28N4O2S/c1-5-12-21-18(25)15(4)27-20-22-17-11-9-8-10-16(17)19(26)24(20)14-13-23(6-2)7-3/h5,8-11,15H,1,6-7,12-14H2,2-4H3,(H,21,25)/t15-/m0/s1. The van der Waals surface area contributed by atoms with Crippen LogP contribution in [0.25, 0.3) is 10.9 Å². The molecule has 0 unspecified atom stereocenters. The van der Waals surface area contributed by atoms with Crippen LogP contribution in [0.15, 0.2) is 46.9 Å². The molecule has 0 spiro atoms. The topological polar surface area (TPSA) is 67.2 Å². The average molecular weight is 389 g/mol. The lowest BCUT2D eigenvalue weighted by Gasteiger charge is -2.21. The van der Waals surface area contributed by atoms with Crippen molar-refractivity contribution in [3.8, 4) is 0 Å². The summed E-state index contributed by atoms with van der Waals surface area (Å²) >= 11 is 1.31. The lowest BCUT2D eigenvalue weighted by Crippen LogP contribution is -2.34. The molecular formula is C20H28N4O2S. The highest BCUT2D eigenvalue weighted by Crippen LogP contribution is 2.22. The Kier molecular flexibility index (Phi) is 8.06. The zero-order valence-corrected chi connectivity index (χ0v) is 17.1. The SMILES string of the molecule is C=CCNC(=O)[C@H](C)Sc1nc2ccccc2c(=O)n1CCN(CC)CC. The molecule has 27 heavy (non-hydrogen) atoms. The van der Waals surface area contributed by atoms with E-state index in [4.69, 9.17) is 0 Å². The van der Waals surface area contributed by atoms with Crippen LogP contribution in [0.2, 0.25) is 0 Å². The summed E-state index contributed by atoms with van der Waals surface area (Å²) < 4.78 is 1.70. The second-order valence-electron chi connectivity index (χ2n) is 6.19. The molecule has 6 nitrogen and oxygen atoms in total. The number of carbonyl (C=O) groups is 1. The lowest BCUT2D eigenvalue weighted by atomic mass is 10.2. The Bertz CT molecular complexity index is 845. The minimum atomic E-state index is -0.363. The summed E-state index contributed by atoms with van der Waals surface area (Å²) in [6.45, 7) is 13.2. The molecule has 0 radical (unpaired) electrons. The number of benzene rings is 1. The summed E-state index contributed by atoms with van der Waals surface area (Å²) in [6.07, 6.45) is 1.64. The van der Waals surface area contributed by atoms with Gasteiger partial charge in [0.05, 0.1) is 16.2 Å². The van der Waals surface area contributed by atoms with Crippen LogP contribution >= 0.6 is 11.8 Å². The number of aromatic nitrogens is 2. The van der Waals surface area contributed by atoms with Crippen molar-refractivity contribution in [3.63, 3.8) is 0 Å². The van der Waals surface area contributed by atoms with Crippen molar-refractivity contribution in [3.05, 3.63) is 47.3 Å². The molecule has 1 aromatic carbocycles. The number of thioether (sulfide) groups is 1. The third-order valence-electron chi connectivity index (χ3n) is 4.43. The van der Waals surface area contributed by atoms with E-state index in [1.165, 1.54) is 11.8 Å². The van der Waals surface area contributed by atoms with Gasteiger partial charge in [-0.25, -0.2) is 4.98 Å². The molecular weight excluding hydrogens is 360 g/mol. The summed E-state index contributed by atoms with van der Waals surface area (Å²) in [5, 5.41) is 3.61. The molecule has 0 saturated carbocycles. The van der Waals surface area contributed by atoms with E-state index in [1.54, 1.807) is 16.7 Å². The Labute approximate surface area is 164 Å². The Morgan fingerprint density at radius 3 is 2.74 bits per heavy atom. The van der Waals surface area contributed by atoms with Crippen LogP contribution in [0.1, 0.15) is 20.8 Å². The molecule has 0 aliphatic rings. The van der Waals surface area contributed by atoms with Crippen molar-refractivity contribution in [2.24, 2.45) is 0 Å². The average Bonchev–Trinajstić information content (AvgIpc) is 2.68. The molecule has 1 atom stereocenters. The number of rotatable bonds is 10. The fourth-order valence-corrected chi connectivity index (χ4v) is 3.70. The Morgan fingerprint density at radius 1 is 1.37 bits per heavy atom. The fourth-order valence-electron chi connectivity index (χ4n) is 2.74. The van der Waals surface area contributed by atoms with E-state index in [9.17, 15) is 9.59 Å². The van der Waals surface area contributed by atoms with E-state index in [1.807, 2.05) is 25.1 Å². The normalized spacial score (nSPS) is 12.3. The highest BCUT2D eigenvalue weighted by molar-refractivity contribution is 8.00. The monoisotopic (exact) mass is 388 g/mol. The molecule has 1 heterocycles. The largest absolute Gasteiger partial charge is 0.352 e. The summed E-state index contributed by atoms with van der Waals surface area (Å²) in [5.74, 6) is -0.0994. The van der Waals surface area contributed by atoms with Crippen molar-refractivity contribution >= 4 is 28.6 Å². The molecule has 0 aliphatic heterocycles. The Hall–Kier alpha value is -2.12. The first-order valence-corrected chi connectivity index (χ1v) is 10.2. The van der Waals surface area contributed by atoms with Gasteiger partial charge < -0.3 is 10.2 Å². The van der Waals surface area contributed by atoms with Gasteiger partial charge in [0.1, 0.15) is 0 Å². The molecule has 1 aromatic heterocycles. The predicted molar refractivity (Wildman–Crippen MR) is 112 cm³/mol. The molecule has 0 bridgehead atoms. The van der Waals surface area contributed by atoms with Crippen LogP contribution in [0.3, 0.4) is 0 Å².